The first-order valence-corrected chi connectivity index (χ1v) is 10.4. The lowest BCUT2D eigenvalue weighted by molar-refractivity contribution is -0.150. The van der Waals surface area contributed by atoms with Gasteiger partial charge in [-0.15, -0.1) is 0 Å². The van der Waals surface area contributed by atoms with E-state index in [1.807, 2.05) is 20.8 Å². The number of carbonyl (C=O) groups excluding carboxylic acids is 2. The third-order valence-corrected chi connectivity index (χ3v) is 5.72. The normalized spacial score (nSPS) is 19.6. The average molecular weight is 426 g/mol. The maximum Gasteiger partial charge on any atom is 0.257 e. The van der Waals surface area contributed by atoms with Gasteiger partial charge in [-0.2, -0.15) is 0 Å². The summed E-state index contributed by atoms with van der Waals surface area (Å²) in [4.78, 5) is 31.9. The molecule has 8 heteroatoms. The van der Waals surface area contributed by atoms with E-state index in [-0.39, 0.29) is 28.2 Å². The lowest BCUT2D eigenvalue weighted by Gasteiger charge is -2.53. The van der Waals surface area contributed by atoms with Crippen LogP contribution in [0.15, 0.2) is 18.2 Å². The fourth-order valence-electron chi connectivity index (χ4n) is 4.14. The SMILES string of the molecule is CC(C)(C)ONC(=O)CN1CC2(CCC(C(=O)Nc3cc(F)cc(Cl)c3)CC2)C1. The van der Waals surface area contributed by atoms with Crippen LogP contribution in [-0.2, 0) is 14.4 Å². The molecule has 6 nitrogen and oxygen atoms in total. The predicted octanol–water partition coefficient (Wildman–Crippen LogP) is 3.76. The Kier molecular flexibility index (Phi) is 6.51. The number of hydrogen-bond donors (Lipinski definition) is 2. The van der Waals surface area contributed by atoms with Crippen LogP contribution in [0.5, 0.6) is 0 Å². The van der Waals surface area contributed by atoms with Gasteiger partial charge in [-0.3, -0.25) is 19.3 Å². The molecule has 1 aromatic rings. The van der Waals surface area contributed by atoms with E-state index < -0.39 is 11.4 Å². The molecule has 0 unspecified atom stereocenters. The highest BCUT2D eigenvalue weighted by atomic mass is 35.5. The monoisotopic (exact) mass is 425 g/mol. The topological polar surface area (TPSA) is 70.7 Å². The van der Waals surface area contributed by atoms with Crippen molar-refractivity contribution in [2.45, 2.75) is 52.1 Å². The second-order valence-corrected chi connectivity index (χ2v) is 9.74. The van der Waals surface area contributed by atoms with Gasteiger partial charge in [0.05, 0.1) is 12.1 Å². The number of carbonyl (C=O) groups is 2. The number of nitrogens with zero attached hydrogens (tertiary/aromatic N) is 1. The Labute approximate surface area is 176 Å². The Hall–Kier alpha value is -1.70. The van der Waals surface area contributed by atoms with Gasteiger partial charge in [0, 0.05) is 29.7 Å². The van der Waals surface area contributed by atoms with E-state index in [1.165, 1.54) is 12.1 Å². The number of nitrogens with one attached hydrogen (secondary N) is 2. The summed E-state index contributed by atoms with van der Waals surface area (Å²) >= 11 is 5.84. The molecule has 2 fully saturated rings. The zero-order valence-electron chi connectivity index (χ0n) is 17.2. The summed E-state index contributed by atoms with van der Waals surface area (Å²) in [5.74, 6) is -0.782. The third kappa shape index (κ3) is 6.14. The summed E-state index contributed by atoms with van der Waals surface area (Å²) in [7, 11) is 0. The van der Waals surface area contributed by atoms with Crippen LogP contribution in [-0.4, -0.2) is 41.9 Å². The fraction of sp³-hybridized carbons (Fsp3) is 0.619. The zero-order valence-corrected chi connectivity index (χ0v) is 17.9. The lowest BCUT2D eigenvalue weighted by Crippen LogP contribution is -2.60. The second kappa shape index (κ2) is 8.58. The van der Waals surface area contributed by atoms with Gasteiger partial charge in [-0.25, -0.2) is 9.87 Å². The molecule has 160 valence electrons. The molecule has 1 spiro atoms. The standard InChI is InChI=1S/C21H29ClFN3O3/c1-20(2,3)29-25-18(27)11-26-12-21(13-26)6-4-14(5-7-21)19(28)24-17-9-15(22)8-16(23)10-17/h8-10,14H,4-7,11-13H2,1-3H3,(H,24,28)(H,25,27). The molecule has 1 aliphatic heterocycles. The van der Waals surface area contributed by atoms with E-state index in [4.69, 9.17) is 16.4 Å². The summed E-state index contributed by atoms with van der Waals surface area (Å²) in [5.41, 5.74) is 2.67. The first-order valence-electron chi connectivity index (χ1n) is 10.00. The highest BCUT2D eigenvalue weighted by molar-refractivity contribution is 6.30. The Morgan fingerprint density at radius 2 is 1.90 bits per heavy atom. The molecule has 0 aromatic heterocycles. The molecule has 2 N–H and O–H groups in total. The molecule has 29 heavy (non-hydrogen) atoms. The predicted molar refractivity (Wildman–Crippen MR) is 110 cm³/mol. The Balaban J connectivity index is 1.41. The number of hydroxylamine groups is 1. The lowest BCUT2D eigenvalue weighted by atomic mass is 9.65. The van der Waals surface area contributed by atoms with E-state index in [0.29, 0.717) is 12.2 Å². The Bertz CT molecular complexity index is 745. The van der Waals surface area contributed by atoms with Gasteiger partial charge in [0.25, 0.3) is 5.91 Å². The van der Waals surface area contributed by atoms with E-state index in [2.05, 4.69) is 15.7 Å². The minimum Gasteiger partial charge on any atom is -0.326 e. The molecule has 2 amide bonds. The molecule has 1 heterocycles. The van der Waals surface area contributed by atoms with Crippen LogP contribution in [0.25, 0.3) is 0 Å². The van der Waals surface area contributed by atoms with Gasteiger partial charge in [-0.1, -0.05) is 11.6 Å². The van der Waals surface area contributed by atoms with Crippen molar-refractivity contribution < 1.29 is 18.8 Å². The van der Waals surface area contributed by atoms with Gasteiger partial charge >= 0.3 is 0 Å². The van der Waals surface area contributed by atoms with E-state index in [1.54, 1.807) is 6.07 Å². The number of hydrogen-bond acceptors (Lipinski definition) is 4. The maximum absolute atomic E-state index is 13.4. The summed E-state index contributed by atoms with van der Waals surface area (Å²) in [6.07, 6.45) is 3.49. The highest BCUT2D eigenvalue weighted by Gasteiger charge is 2.46. The zero-order chi connectivity index (χ0) is 21.2. The average Bonchev–Trinajstić information content (AvgIpc) is 2.57. The number of likely N-dealkylation sites (tertiary alicyclic amines) is 1. The van der Waals surface area contributed by atoms with Gasteiger partial charge < -0.3 is 5.32 Å². The summed E-state index contributed by atoms with van der Waals surface area (Å²) in [5, 5.41) is 3.04. The molecule has 0 radical (unpaired) electrons. The Morgan fingerprint density at radius 3 is 2.48 bits per heavy atom. The molecule has 1 aromatic carbocycles. The molecular weight excluding hydrogens is 397 g/mol. The number of anilines is 1. The van der Waals surface area contributed by atoms with Crippen molar-refractivity contribution in [3.8, 4) is 0 Å². The fourth-order valence-corrected chi connectivity index (χ4v) is 4.36. The van der Waals surface area contributed by atoms with Crippen molar-refractivity contribution in [3.05, 3.63) is 29.0 Å². The molecule has 2 aliphatic rings. The molecule has 1 saturated carbocycles. The molecule has 3 rings (SSSR count). The van der Waals surface area contributed by atoms with Crippen molar-refractivity contribution in [3.63, 3.8) is 0 Å². The van der Waals surface area contributed by atoms with E-state index in [0.717, 1.165) is 38.8 Å². The van der Waals surface area contributed by atoms with Gasteiger partial charge in [0.2, 0.25) is 5.91 Å². The van der Waals surface area contributed by atoms with Crippen LogP contribution in [0.1, 0.15) is 46.5 Å². The van der Waals surface area contributed by atoms with Crippen LogP contribution >= 0.6 is 11.6 Å². The smallest absolute Gasteiger partial charge is 0.257 e. The van der Waals surface area contributed by atoms with Crippen LogP contribution in [0.4, 0.5) is 10.1 Å². The van der Waals surface area contributed by atoms with Gasteiger partial charge in [-0.05, 0) is 70.1 Å². The molecule has 1 saturated heterocycles. The first kappa shape index (κ1) is 22.0. The second-order valence-electron chi connectivity index (χ2n) is 9.31. The van der Waals surface area contributed by atoms with Crippen LogP contribution < -0.4 is 10.8 Å². The number of rotatable bonds is 5. The first-order chi connectivity index (χ1) is 13.5. The van der Waals surface area contributed by atoms with Crippen molar-refractivity contribution in [1.29, 1.82) is 0 Å². The molecular formula is C21H29ClFN3O3. The molecule has 0 bridgehead atoms. The van der Waals surface area contributed by atoms with Crippen molar-refractivity contribution in [2.24, 2.45) is 11.3 Å². The number of amides is 2. The van der Waals surface area contributed by atoms with Crippen LogP contribution in [0, 0.1) is 17.2 Å². The summed E-state index contributed by atoms with van der Waals surface area (Å²) in [6.45, 7) is 7.69. The Morgan fingerprint density at radius 1 is 1.24 bits per heavy atom. The molecule has 0 atom stereocenters. The highest BCUT2D eigenvalue weighted by Crippen LogP contribution is 2.45. The minimum absolute atomic E-state index is 0.0831. The summed E-state index contributed by atoms with van der Waals surface area (Å²) in [6, 6.07) is 4.02. The van der Waals surface area contributed by atoms with Crippen LogP contribution in [0.3, 0.4) is 0 Å². The van der Waals surface area contributed by atoms with Gasteiger partial charge in [0.15, 0.2) is 0 Å². The number of benzene rings is 1. The van der Waals surface area contributed by atoms with Gasteiger partial charge in [0.1, 0.15) is 5.82 Å². The van der Waals surface area contributed by atoms with Crippen molar-refractivity contribution in [1.82, 2.24) is 10.4 Å². The quantitative estimate of drug-likeness (QED) is 0.705. The molecule has 1 aliphatic carbocycles. The van der Waals surface area contributed by atoms with Crippen molar-refractivity contribution >= 4 is 29.1 Å². The minimum atomic E-state index is -0.470. The third-order valence-electron chi connectivity index (χ3n) is 5.50. The summed E-state index contributed by atoms with van der Waals surface area (Å²) < 4.78 is 13.4. The van der Waals surface area contributed by atoms with E-state index in [9.17, 15) is 14.0 Å². The maximum atomic E-state index is 13.4. The van der Waals surface area contributed by atoms with E-state index >= 15 is 0 Å². The van der Waals surface area contributed by atoms with Crippen LogP contribution in [0.2, 0.25) is 5.02 Å². The number of halogens is 2. The van der Waals surface area contributed by atoms with Crippen molar-refractivity contribution in [2.75, 3.05) is 25.0 Å². The largest absolute Gasteiger partial charge is 0.326 e.